The zero-order valence-electron chi connectivity index (χ0n) is 18.6. The number of nitrogens with zero attached hydrogens (tertiary/aromatic N) is 4. The minimum Gasteiger partial charge on any atom is -0.352 e. The maximum absolute atomic E-state index is 13.0. The van der Waals surface area contributed by atoms with Crippen molar-refractivity contribution in [2.24, 2.45) is 11.8 Å². The van der Waals surface area contributed by atoms with Crippen LogP contribution in [0.2, 0.25) is 0 Å². The first-order chi connectivity index (χ1) is 16.1. The Labute approximate surface area is 202 Å². The summed E-state index contributed by atoms with van der Waals surface area (Å²) in [6.07, 6.45) is 13.9. The number of pyridine rings is 1. The summed E-state index contributed by atoms with van der Waals surface area (Å²) in [6.45, 7) is 5.82. The standard InChI is InChI=1S/C26H28BrN5O/c1-2-3-5-17-6-4-11-32(16-17)26-29-13-20(14-30-26)31-24-21-12-19(27)9-10-23(21)28-15-22(24)25(33)18-7-8-18/h2,9-10,12-15,17-18H,1,3-8,11,16H2,(H,28,31). The Hall–Kier alpha value is -2.80. The SMILES string of the molecule is C=CCCC1CCCN(c2ncc(Nc3c(C(=O)C4CC4)cnc4ccc(Br)cc34)cn2)C1. The van der Waals surface area contributed by atoms with Crippen LogP contribution in [0.3, 0.4) is 0 Å². The van der Waals surface area contributed by atoms with Crippen molar-refractivity contribution in [3.63, 3.8) is 0 Å². The largest absolute Gasteiger partial charge is 0.352 e. The molecule has 2 fully saturated rings. The first kappa shape index (κ1) is 22.0. The molecule has 3 aromatic rings. The van der Waals surface area contributed by atoms with E-state index in [1.54, 1.807) is 6.20 Å². The van der Waals surface area contributed by atoms with E-state index in [-0.39, 0.29) is 11.7 Å². The third-order valence-corrected chi connectivity index (χ3v) is 7.03. The average Bonchev–Trinajstić information content (AvgIpc) is 3.69. The molecule has 1 saturated carbocycles. The number of allylic oxidation sites excluding steroid dienone is 1. The number of nitrogens with one attached hydrogen (secondary N) is 1. The summed E-state index contributed by atoms with van der Waals surface area (Å²) >= 11 is 3.55. The van der Waals surface area contributed by atoms with Gasteiger partial charge in [-0.25, -0.2) is 9.97 Å². The molecule has 1 saturated heterocycles. The van der Waals surface area contributed by atoms with E-state index < -0.39 is 0 Å². The van der Waals surface area contributed by atoms with Gasteiger partial charge in [0.05, 0.1) is 34.8 Å². The van der Waals surface area contributed by atoms with Crippen molar-refractivity contribution in [3.8, 4) is 0 Å². The van der Waals surface area contributed by atoms with Crippen molar-refractivity contribution in [2.75, 3.05) is 23.3 Å². The Morgan fingerprint density at radius 3 is 2.76 bits per heavy atom. The zero-order chi connectivity index (χ0) is 22.8. The van der Waals surface area contributed by atoms with Crippen molar-refractivity contribution in [2.45, 2.75) is 38.5 Å². The lowest BCUT2D eigenvalue weighted by atomic mass is 9.93. The molecule has 0 spiro atoms. The molecule has 1 aliphatic carbocycles. The quantitative estimate of drug-likeness (QED) is 0.285. The van der Waals surface area contributed by atoms with Gasteiger partial charge in [-0.3, -0.25) is 9.78 Å². The Morgan fingerprint density at radius 1 is 1.18 bits per heavy atom. The van der Waals surface area contributed by atoms with E-state index in [0.717, 1.165) is 71.5 Å². The predicted octanol–water partition coefficient (Wildman–Crippen LogP) is 6.31. The number of benzene rings is 1. The number of halogens is 1. The fourth-order valence-corrected chi connectivity index (χ4v) is 4.94. The minimum absolute atomic E-state index is 0.115. The molecule has 6 nitrogen and oxygen atoms in total. The van der Waals surface area contributed by atoms with Gasteiger partial charge in [-0.15, -0.1) is 6.58 Å². The molecule has 0 amide bonds. The maximum atomic E-state index is 13.0. The van der Waals surface area contributed by atoms with Crippen LogP contribution in [0.25, 0.3) is 10.9 Å². The molecule has 1 N–H and O–H groups in total. The number of carbonyl (C=O) groups is 1. The van der Waals surface area contributed by atoms with Gasteiger partial charge in [0, 0.05) is 35.1 Å². The van der Waals surface area contributed by atoms with Crippen LogP contribution in [-0.2, 0) is 0 Å². The number of aromatic nitrogens is 3. The minimum atomic E-state index is 0.115. The number of anilines is 3. The van der Waals surface area contributed by atoms with Gasteiger partial charge in [0.25, 0.3) is 0 Å². The number of ketones is 1. The van der Waals surface area contributed by atoms with Crippen molar-refractivity contribution in [1.82, 2.24) is 15.0 Å². The third kappa shape index (κ3) is 4.93. The lowest BCUT2D eigenvalue weighted by Crippen LogP contribution is -2.36. The van der Waals surface area contributed by atoms with Crippen molar-refractivity contribution >= 4 is 49.9 Å². The van der Waals surface area contributed by atoms with Crippen LogP contribution in [0.15, 0.2) is 53.9 Å². The molecule has 1 atom stereocenters. The molecule has 5 rings (SSSR count). The maximum Gasteiger partial charge on any atom is 0.225 e. The molecule has 3 heterocycles. The van der Waals surface area contributed by atoms with E-state index in [0.29, 0.717) is 11.5 Å². The van der Waals surface area contributed by atoms with Gasteiger partial charge in [-0.05, 0) is 62.6 Å². The van der Waals surface area contributed by atoms with Gasteiger partial charge < -0.3 is 10.2 Å². The fraction of sp³-hybridized carbons (Fsp3) is 0.385. The summed E-state index contributed by atoms with van der Waals surface area (Å²) in [4.78, 5) is 29.1. The predicted molar refractivity (Wildman–Crippen MR) is 136 cm³/mol. The summed E-state index contributed by atoms with van der Waals surface area (Å²) < 4.78 is 0.943. The summed E-state index contributed by atoms with van der Waals surface area (Å²) in [6, 6.07) is 5.91. The summed E-state index contributed by atoms with van der Waals surface area (Å²) in [5.41, 5.74) is 3.01. The molecule has 170 valence electrons. The highest BCUT2D eigenvalue weighted by Gasteiger charge is 2.32. The number of carbonyl (C=O) groups excluding carboxylic acids is 1. The van der Waals surface area contributed by atoms with Gasteiger partial charge >= 0.3 is 0 Å². The highest BCUT2D eigenvalue weighted by molar-refractivity contribution is 9.10. The van der Waals surface area contributed by atoms with Crippen molar-refractivity contribution in [1.29, 1.82) is 0 Å². The van der Waals surface area contributed by atoms with E-state index in [1.165, 1.54) is 12.8 Å². The fourth-order valence-electron chi connectivity index (χ4n) is 4.58. The molecule has 7 heteroatoms. The van der Waals surface area contributed by atoms with Gasteiger partial charge in [0.2, 0.25) is 5.95 Å². The van der Waals surface area contributed by atoms with E-state index in [1.807, 2.05) is 36.7 Å². The van der Waals surface area contributed by atoms with E-state index >= 15 is 0 Å². The van der Waals surface area contributed by atoms with Crippen LogP contribution in [0.5, 0.6) is 0 Å². The monoisotopic (exact) mass is 505 g/mol. The Kier molecular flexibility index (Phi) is 6.40. The highest BCUT2D eigenvalue weighted by atomic mass is 79.9. The molecule has 33 heavy (non-hydrogen) atoms. The first-order valence-corrected chi connectivity index (χ1v) is 12.5. The number of hydrogen-bond donors (Lipinski definition) is 1. The normalized spacial score (nSPS) is 18.3. The Bertz CT molecular complexity index is 1180. The third-order valence-electron chi connectivity index (χ3n) is 6.53. The molecule has 1 unspecified atom stereocenters. The second-order valence-corrected chi connectivity index (χ2v) is 9.98. The smallest absolute Gasteiger partial charge is 0.225 e. The molecule has 1 aromatic carbocycles. The summed E-state index contributed by atoms with van der Waals surface area (Å²) in [5, 5.41) is 4.34. The highest BCUT2D eigenvalue weighted by Crippen LogP contribution is 2.38. The van der Waals surface area contributed by atoms with E-state index in [4.69, 9.17) is 0 Å². The molecule has 2 aromatic heterocycles. The molecule has 0 radical (unpaired) electrons. The van der Waals surface area contributed by atoms with Crippen LogP contribution in [0, 0.1) is 11.8 Å². The van der Waals surface area contributed by atoms with E-state index in [9.17, 15) is 4.79 Å². The van der Waals surface area contributed by atoms with Crippen LogP contribution in [0.4, 0.5) is 17.3 Å². The second kappa shape index (κ2) is 9.59. The van der Waals surface area contributed by atoms with E-state index in [2.05, 4.69) is 47.7 Å². The van der Waals surface area contributed by atoms with Crippen molar-refractivity contribution in [3.05, 3.63) is 59.5 Å². The summed E-state index contributed by atoms with van der Waals surface area (Å²) in [7, 11) is 0. The number of piperidine rings is 1. The van der Waals surface area contributed by atoms with Crippen molar-refractivity contribution < 1.29 is 4.79 Å². The first-order valence-electron chi connectivity index (χ1n) is 11.7. The van der Waals surface area contributed by atoms with Crippen LogP contribution in [-0.4, -0.2) is 33.8 Å². The zero-order valence-corrected chi connectivity index (χ0v) is 20.2. The topological polar surface area (TPSA) is 71.0 Å². The van der Waals surface area contributed by atoms with Crippen LogP contribution in [0.1, 0.15) is 48.9 Å². The van der Waals surface area contributed by atoms with Gasteiger partial charge in [-0.1, -0.05) is 22.0 Å². The Morgan fingerprint density at radius 2 is 2.00 bits per heavy atom. The lowest BCUT2D eigenvalue weighted by Gasteiger charge is -2.32. The Balaban J connectivity index is 1.40. The second-order valence-electron chi connectivity index (χ2n) is 9.06. The number of rotatable bonds is 8. The molecule has 1 aliphatic heterocycles. The molecular weight excluding hydrogens is 478 g/mol. The van der Waals surface area contributed by atoms with Gasteiger partial charge in [0.15, 0.2) is 5.78 Å². The molecule has 2 aliphatic rings. The number of hydrogen-bond acceptors (Lipinski definition) is 6. The molecule has 0 bridgehead atoms. The van der Waals surface area contributed by atoms with Gasteiger partial charge in [-0.2, -0.15) is 0 Å². The number of Topliss-reactive ketones (excluding diaryl/α,β-unsaturated/α-hetero) is 1. The van der Waals surface area contributed by atoms with Gasteiger partial charge in [0.1, 0.15) is 0 Å². The van der Waals surface area contributed by atoms with Crippen LogP contribution >= 0.6 is 15.9 Å². The summed E-state index contributed by atoms with van der Waals surface area (Å²) in [5.74, 6) is 1.70. The lowest BCUT2D eigenvalue weighted by molar-refractivity contribution is 0.0968. The molecular formula is C26H28BrN5O. The number of fused-ring (bicyclic) bond motifs is 1. The van der Waals surface area contributed by atoms with Crippen LogP contribution < -0.4 is 10.2 Å². The average molecular weight is 506 g/mol.